The number of aliphatic carboxylic acids is 1. The standard InChI is InChI=1S/C30H41N3O2/c34-29(35)30-11-4-5-27(33-13-2-1-3-14-33)28(30)24-9-8-22-21(23(24)10-12-30)7-6-19-16-26-20(15-25(19)22)17-31-18-32-26/h9,17-19,21-23,25,27-28H,1-8,10-16H2,(H,34,35). The summed E-state index contributed by atoms with van der Waals surface area (Å²) in [5.74, 6) is 3.38. The lowest BCUT2D eigenvalue weighted by Gasteiger charge is -2.59. The maximum atomic E-state index is 12.9. The molecule has 35 heavy (non-hydrogen) atoms. The molecule has 1 aromatic heterocycles. The van der Waals surface area contributed by atoms with Gasteiger partial charge in [-0.15, -0.1) is 0 Å². The van der Waals surface area contributed by atoms with E-state index in [0.717, 1.165) is 62.2 Å². The Morgan fingerprint density at radius 2 is 1.86 bits per heavy atom. The summed E-state index contributed by atoms with van der Waals surface area (Å²) in [5, 5.41) is 10.7. The normalized spacial score (nSPS) is 43.0. The van der Waals surface area contributed by atoms with Gasteiger partial charge in [-0.3, -0.25) is 9.69 Å². The fraction of sp³-hybridized carbons (Fsp3) is 0.767. The highest BCUT2D eigenvalue weighted by Gasteiger charge is 2.59. The van der Waals surface area contributed by atoms with Gasteiger partial charge in [0.2, 0.25) is 0 Å². The van der Waals surface area contributed by atoms with Crippen molar-refractivity contribution in [3.8, 4) is 0 Å². The lowest BCUT2D eigenvalue weighted by Crippen LogP contribution is -2.59. The Morgan fingerprint density at radius 1 is 0.971 bits per heavy atom. The highest BCUT2D eigenvalue weighted by molar-refractivity contribution is 5.76. The molecule has 3 saturated carbocycles. The minimum Gasteiger partial charge on any atom is -0.481 e. The Balaban J connectivity index is 1.23. The first-order valence-electron chi connectivity index (χ1n) is 14.6. The molecule has 4 fully saturated rings. The monoisotopic (exact) mass is 475 g/mol. The van der Waals surface area contributed by atoms with Gasteiger partial charge in [0.15, 0.2) is 0 Å². The lowest BCUT2D eigenvalue weighted by atomic mass is 9.47. The van der Waals surface area contributed by atoms with Crippen molar-refractivity contribution in [2.24, 2.45) is 40.9 Å². The molecule has 1 N–H and O–H groups in total. The summed E-state index contributed by atoms with van der Waals surface area (Å²) < 4.78 is 0. The fourth-order valence-corrected chi connectivity index (χ4v) is 10.1. The minimum absolute atomic E-state index is 0.241. The first kappa shape index (κ1) is 22.4. The molecule has 0 spiro atoms. The SMILES string of the molecule is O=C(O)C12CCCC(N3CCCCC3)C1C1=CCC3C4Cc5cncnc5CC4CCC3C1CC2. The van der Waals surface area contributed by atoms with Crippen molar-refractivity contribution in [2.75, 3.05) is 13.1 Å². The number of hydrogen-bond acceptors (Lipinski definition) is 4. The second-order valence-corrected chi connectivity index (χ2v) is 12.8. The van der Waals surface area contributed by atoms with E-state index < -0.39 is 11.4 Å². The zero-order valence-corrected chi connectivity index (χ0v) is 21.1. The summed E-state index contributed by atoms with van der Waals surface area (Å²) in [6, 6.07) is 0.445. The van der Waals surface area contributed by atoms with Crippen LogP contribution < -0.4 is 0 Å². The summed E-state index contributed by atoms with van der Waals surface area (Å²) >= 11 is 0. The third-order valence-corrected chi connectivity index (χ3v) is 11.6. The van der Waals surface area contributed by atoms with Gasteiger partial charge in [-0.05, 0) is 119 Å². The minimum atomic E-state index is -0.520. The predicted molar refractivity (Wildman–Crippen MR) is 135 cm³/mol. The molecule has 2 heterocycles. The molecule has 1 aliphatic heterocycles. The number of carboxylic acid groups (broad SMARTS) is 1. The fourth-order valence-electron chi connectivity index (χ4n) is 10.1. The second-order valence-electron chi connectivity index (χ2n) is 12.8. The number of carboxylic acids is 1. The molecule has 1 saturated heterocycles. The Bertz CT molecular complexity index is 1020. The molecule has 0 bridgehead atoms. The number of carbonyl (C=O) groups is 1. The molecule has 5 heteroatoms. The smallest absolute Gasteiger partial charge is 0.310 e. The molecule has 8 atom stereocenters. The number of aromatic nitrogens is 2. The van der Waals surface area contributed by atoms with Crippen LogP contribution in [-0.4, -0.2) is 45.1 Å². The Hall–Kier alpha value is -1.75. The number of likely N-dealkylation sites (tertiary alicyclic amines) is 1. The maximum absolute atomic E-state index is 12.9. The number of hydrogen-bond donors (Lipinski definition) is 1. The second kappa shape index (κ2) is 8.68. The van der Waals surface area contributed by atoms with Gasteiger partial charge in [-0.1, -0.05) is 24.5 Å². The molecule has 0 aromatic carbocycles. The number of piperidine rings is 1. The third-order valence-electron chi connectivity index (χ3n) is 11.6. The van der Waals surface area contributed by atoms with Gasteiger partial charge in [0.25, 0.3) is 0 Å². The van der Waals surface area contributed by atoms with Gasteiger partial charge >= 0.3 is 5.97 Å². The van der Waals surface area contributed by atoms with E-state index in [4.69, 9.17) is 0 Å². The zero-order valence-electron chi connectivity index (χ0n) is 21.1. The van der Waals surface area contributed by atoms with Crippen LogP contribution in [0.3, 0.4) is 0 Å². The molecule has 188 valence electrons. The van der Waals surface area contributed by atoms with Crippen molar-refractivity contribution in [3.05, 3.63) is 35.4 Å². The third kappa shape index (κ3) is 3.47. The van der Waals surface area contributed by atoms with E-state index in [1.807, 2.05) is 0 Å². The van der Waals surface area contributed by atoms with E-state index in [-0.39, 0.29) is 5.92 Å². The van der Waals surface area contributed by atoms with E-state index in [1.165, 1.54) is 69.3 Å². The van der Waals surface area contributed by atoms with Crippen molar-refractivity contribution in [1.82, 2.24) is 14.9 Å². The van der Waals surface area contributed by atoms with Crippen LogP contribution in [0.25, 0.3) is 0 Å². The van der Waals surface area contributed by atoms with Crippen LogP contribution in [-0.2, 0) is 17.6 Å². The molecule has 1 aromatic rings. The molecule has 5 nitrogen and oxygen atoms in total. The van der Waals surface area contributed by atoms with Gasteiger partial charge in [0.05, 0.1) is 5.41 Å². The average molecular weight is 476 g/mol. The molecular formula is C30H41N3O2. The van der Waals surface area contributed by atoms with Crippen molar-refractivity contribution in [1.29, 1.82) is 0 Å². The molecular weight excluding hydrogens is 434 g/mol. The Kier molecular flexibility index (Phi) is 5.56. The number of nitrogens with zero attached hydrogens (tertiary/aromatic N) is 3. The predicted octanol–water partition coefficient (Wildman–Crippen LogP) is 5.30. The number of allylic oxidation sites excluding steroid dienone is 1. The molecule has 8 unspecified atom stereocenters. The largest absolute Gasteiger partial charge is 0.481 e. The van der Waals surface area contributed by atoms with E-state index in [0.29, 0.717) is 12.0 Å². The van der Waals surface area contributed by atoms with Crippen LogP contribution in [0.1, 0.15) is 81.9 Å². The van der Waals surface area contributed by atoms with Crippen molar-refractivity contribution in [3.63, 3.8) is 0 Å². The van der Waals surface area contributed by atoms with Gasteiger partial charge < -0.3 is 5.11 Å². The Morgan fingerprint density at radius 3 is 2.71 bits per heavy atom. The summed E-state index contributed by atoms with van der Waals surface area (Å²) in [5.41, 5.74) is 3.75. The van der Waals surface area contributed by atoms with Gasteiger partial charge in [-0.2, -0.15) is 0 Å². The Labute approximate surface area is 209 Å². The first-order valence-corrected chi connectivity index (χ1v) is 14.6. The summed E-state index contributed by atoms with van der Waals surface area (Å²) in [6.07, 6.45) is 21.6. The first-order chi connectivity index (χ1) is 17.2. The molecule has 7 rings (SSSR count). The topological polar surface area (TPSA) is 66.3 Å². The van der Waals surface area contributed by atoms with Gasteiger partial charge in [-0.25, -0.2) is 9.97 Å². The van der Waals surface area contributed by atoms with Crippen LogP contribution in [0, 0.1) is 40.9 Å². The lowest BCUT2D eigenvalue weighted by molar-refractivity contribution is -0.161. The summed E-state index contributed by atoms with van der Waals surface area (Å²) in [6.45, 7) is 2.35. The maximum Gasteiger partial charge on any atom is 0.310 e. The van der Waals surface area contributed by atoms with E-state index in [2.05, 4.69) is 27.1 Å². The summed E-state index contributed by atoms with van der Waals surface area (Å²) in [7, 11) is 0. The van der Waals surface area contributed by atoms with E-state index in [1.54, 1.807) is 11.9 Å². The highest BCUT2D eigenvalue weighted by Crippen LogP contribution is 2.62. The van der Waals surface area contributed by atoms with Crippen LogP contribution in [0.5, 0.6) is 0 Å². The molecule has 0 radical (unpaired) electrons. The molecule has 0 amide bonds. The van der Waals surface area contributed by atoms with Crippen LogP contribution in [0.4, 0.5) is 0 Å². The van der Waals surface area contributed by atoms with E-state index >= 15 is 0 Å². The van der Waals surface area contributed by atoms with Gasteiger partial charge in [0, 0.05) is 23.9 Å². The average Bonchev–Trinajstić information content (AvgIpc) is 2.91. The quantitative estimate of drug-likeness (QED) is 0.588. The van der Waals surface area contributed by atoms with Crippen molar-refractivity contribution >= 4 is 5.97 Å². The van der Waals surface area contributed by atoms with Crippen LogP contribution >= 0.6 is 0 Å². The molecule has 5 aliphatic carbocycles. The van der Waals surface area contributed by atoms with Crippen molar-refractivity contribution < 1.29 is 9.90 Å². The van der Waals surface area contributed by atoms with Crippen molar-refractivity contribution in [2.45, 2.75) is 89.5 Å². The number of rotatable bonds is 2. The van der Waals surface area contributed by atoms with E-state index in [9.17, 15) is 9.90 Å². The highest BCUT2D eigenvalue weighted by atomic mass is 16.4. The summed E-state index contributed by atoms with van der Waals surface area (Å²) in [4.78, 5) is 24.6. The molecule has 6 aliphatic rings. The zero-order chi connectivity index (χ0) is 23.6. The van der Waals surface area contributed by atoms with Crippen LogP contribution in [0.15, 0.2) is 24.2 Å². The van der Waals surface area contributed by atoms with Gasteiger partial charge in [0.1, 0.15) is 6.33 Å². The number of fused-ring (bicyclic) bond motifs is 8. The van der Waals surface area contributed by atoms with Crippen LogP contribution in [0.2, 0.25) is 0 Å².